The van der Waals surface area contributed by atoms with Crippen LogP contribution in [0.3, 0.4) is 0 Å². The molecule has 8 aliphatic rings. The van der Waals surface area contributed by atoms with Crippen LogP contribution in [0.5, 0.6) is 0 Å². The number of thiophene rings is 4. The van der Waals surface area contributed by atoms with Gasteiger partial charge in [0, 0.05) is 193 Å². The lowest BCUT2D eigenvalue weighted by atomic mass is 9.92. The van der Waals surface area contributed by atoms with Crippen LogP contribution in [0.15, 0.2) is 74.4 Å². The van der Waals surface area contributed by atoms with Gasteiger partial charge in [-0.25, -0.2) is 39.9 Å². The van der Waals surface area contributed by atoms with E-state index in [4.69, 9.17) is 0 Å². The van der Waals surface area contributed by atoms with Gasteiger partial charge in [-0.05, 0) is 178 Å². The van der Waals surface area contributed by atoms with Crippen molar-refractivity contribution < 1.29 is 52.7 Å². The summed E-state index contributed by atoms with van der Waals surface area (Å²) in [5.74, 6) is 3.03. The van der Waals surface area contributed by atoms with Crippen LogP contribution >= 0.6 is 45.3 Å². The number of aryl methyl sites for hydroxylation is 4. The SMILES string of the molecule is Cn1ncc2c1CCC[C@@H]2N[C@@H]1CCCN(c2ncnc3sc(CC(F)(F)F)cc23)CC1.Cn1ncc2c1CCC[C@@H]2N[C@H]1CCCN(c2ncnc3sc(CC(F)(F)F)cc23)CC1.Cn1ncc2c1CCC[C@H]2N[C@@H]1CCCN(c2ncnc3sc(CC(F)(F)F)cc23)CC1.Cn1ncc2c1CCC[C@H]2N[C@H]1CCCN(c2ncnc3sc(CC(F)(F)F)cc23)CC1. The Hall–Kier alpha value is -8.80. The van der Waals surface area contributed by atoms with Crippen molar-refractivity contribution in [2.24, 2.45) is 28.2 Å². The van der Waals surface area contributed by atoms with Gasteiger partial charge in [-0.1, -0.05) is 0 Å². The Morgan fingerprint density at radius 2 is 0.508 bits per heavy atom. The lowest BCUT2D eigenvalue weighted by Gasteiger charge is -2.28. The zero-order valence-corrected chi connectivity index (χ0v) is 75.4. The monoisotopic (exact) mass is 1860 g/mol. The number of nitrogens with one attached hydrogen (secondary N) is 4. The van der Waals surface area contributed by atoms with E-state index in [2.05, 4.69) is 101 Å². The number of aromatic nitrogens is 16. The fourth-order valence-corrected chi connectivity index (χ4v) is 24.4. The van der Waals surface area contributed by atoms with Crippen LogP contribution in [0.4, 0.5) is 76.0 Å². The van der Waals surface area contributed by atoms with E-state index in [0.717, 1.165) is 271 Å². The molecular formula is C88H108F12N24S4. The molecule has 4 aliphatic carbocycles. The van der Waals surface area contributed by atoms with Crippen molar-refractivity contribution in [3.63, 3.8) is 0 Å². The van der Waals surface area contributed by atoms with Gasteiger partial charge < -0.3 is 40.9 Å². The van der Waals surface area contributed by atoms with Crippen molar-refractivity contribution in [2.45, 2.75) is 253 Å². The van der Waals surface area contributed by atoms with Gasteiger partial charge in [0.1, 0.15) is 67.9 Å². The second-order valence-electron chi connectivity index (χ2n) is 35.3. The van der Waals surface area contributed by atoms with E-state index in [0.29, 0.717) is 67.7 Å². The van der Waals surface area contributed by atoms with Crippen LogP contribution in [-0.2, 0) is 79.6 Å². The lowest BCUT2D eigenvalue weighted by Crippen LogP contribution is -2.35. The topological polar surface area (TPSA) is 235 Å². The molecule has 4 aliphatic heterocycles. The summed E-state index contributed by atoms with van der Waals surface area (Å²) in [4.78, 5) is 47.2. The highest BCUT2D eigenvalue weighted by molar-refractivity contribution is 7.19. The maximum atomic E-state index is 12.9. The second kappa shape index (κ2) is 39.3. The molecule has 4 fully saturated rings. The molecule has 0 unspecified atom stereocenters. The molecule has 4 saturated heterocycles. The smallest absolute Gasteiger partial charge is 0.356 e. The predicted octanol–water partition coefficient (Wildman–Crippen LogP) is 18.2. The lowest BCUT2D eigenvalue weighted by molar-refractivity contribution is -0.127. The molecule has 8 atom stereocenters. The second-order valence-corrected chi connectivity index (χ2v) is 39.7. The highest BCUT2D eigenvalue weighted by atomic mass is 32.1. The zero-order chi connectivity index (χ0) is 89.2. The molecule has 0 saturated carbocycles. The zero-order valence-electron chi connectivity index (χ0n) is 72.1. The van der Waals surface area contributed by atoms with Gasteiger partial charge in [-0.2, -0.15) is 73.1 Å². The van der Waals surface area contributed by atoms with Crippen molar-refractivity contribution in [1.29, 1.82) is 0 Å². The number of alkyl halides is 12. The molecule has 40 heteroatoms. The average Bonchev–Trinajstić information content (AvgIpc) is 1.68. The summed E-state index contributed by atoms with van der Waals surface area (Å²) < 4.78 is 162. The third-order valence-electron chi connectivity index (χ3n) is 26.3. The van der Waals surface area contributed by atoms with E-state index in [1.165, 1.54) is 96.0 Å². The molecule has 0 spiro atoms. The highest BCUT2D eigenvalue weighted by Crippen LogP contribution is 2.43. The molecule has 0 aromatic carbocycles. The first-order valence-corrected chi connectivity index (χ1v) is 48.0. The standard InChI is InChI=1S/4C22H27F3N6S/c4*1-30-19-6-2-5-18(17(19)12-28-30)29-14-4-3-8-31(9-7-14)20-16-10-15(11-22(23,24)25)32-21(16)27-13-26-20/h4*10,12-14,18,29H,2-9,11H2,1H3/t2*14-,18+;2*14-,18-/m1010/s1. The summed E-state index contributed by atoms with van der Waals surface area (Å²) in [6.07, 6.45) is 19.0. The maximum Gasteiger partial charge on any atom is 0.393 e. The number of nitrogens with zero attached hydrogens (tertiary/aromatic N) is 20. The summed E-state index contributed by atoms with van der Waals surface area (Å²) in [5, 5.41) is 36.2. The van der Waals surface area contributed by atoms with Gasteiger partial charge >= 0.3 is 24.7 Å². The Morgan fingerprint density at radius 1 is 0.289 bits per heavy atom. The largest absolute Gasteiger partial charge is 0.393 e. The molecule has 12 aromatic heterocycles. The molecule has 0 radical (unpaired) electrons. The Bertz CT molecular complexity index is 5050. The Kier molecular flexibility index (Phi) is 28.0. The Labute approximate surface area is 749 Å². The summed E-state index contributed by atoms with van der Waals surface area (Å²) in [6.45, 7) is 6.66. The molecule has 128 heavy (non-hydrogen) atoms. The van der Waals surface area contributed by atoms with Crippen LogP contribution in [0, 0.1) is 0 Å². The van der Waals surface area contributed by atoms with Gasteiger partial charge in [0.2, 0.25) is 0 Å². The van der Waals surface area contributed by atoms with E-state index in [1.807, 2.05) is 71.7 Å². The molecule has 20 rings (SSSR count). The fourth-order valence-electron chi connectivity index (χ4n) is 20.3. The van der Waals surface area contributed by atoms with Crippen LogP contribution < -0.4 is 40.9 Å². The molecule has 688 valence electrons. The minimum atomic E-state index is -4.22. The highest BCUT2D eigenvalue weighted by Gasteiger charge is 2.38. The maximum absolute atomic E-state index is 12.9. The van der Waals surface area contributed by atoms with Crippen molar-refractivity contribution in [2.75, 3.05) is 72.0 Å². The van der Waals surface area contributed by atoms with Crippen LogP contribution in [-0.4, -0.2) is 180 Å². The van der Waals surface area contributed by atoms with E-state index in [1.54, 1.807) is 24.3 Å². The molecule has 12 aromatic rings. The summed E-state index contributed by atoms with van der Waals surface area (Å²) in [7, 11) is 8.05. The molecule has 16 heterocycles. The Morgan fingerprint density at radius 3 is 0.719 bits per heavy atom. The number of anilines is 4. The van der Waals surface area contributed by atoms with Gasteiger partial charge in [-0.3, -0.25) is 18.7 Å². The first kappa shape index (κ1) is 91.1. The number of halogens is 12. The van der Waals surface area contributed by atoms with E-state index < -0.39 is 50.4 Å². The normalized spacial score (nSPS) is 22.2. The van der Waals surface area contributed by atoms with E-state index in [9.17, 15) is 52.7 Å². The quantitative estimate of drug-likeness (QED) is 0.0658. The van der Waals surface area contributed by atoms with Crippen molar-refractivity contribution in [3.05, 3.63) is 139 Å². The molecule has 0 bridgehead atoms. The van der Waals surface area contributed by atoms with Gasteiger partial charge in [0.15, 0.2) is 0 Å². The summed E-state index contributed by atoms with van der Waals surface area (Å²) >= 11 is 4.44. The van der Waals surface area contributed by atoms with Crippen molar-refractivity contribution in [3.8, 4) is 0 Å². The number of fused-ring (bicyclic) bond motifs is 8. The molecule has 0 amide bonds. The van der Waals surface area contributed by atoms with Gasteiger partial charge in [0.25, 0.3) is 0 Å². The first-order valence-electron chi connectivity index (χ1n) is 44.8. The van der Waals surface area contributed by atoms with E-state index >= 15 is 0 Å². The van der Waals surface area contributed by atoms with Gasteiger partial charge in [0.05, 0.1) is 72.0 Å². The van der Waals surface area contributed by atoms with Crippen molar-refractivity contribution >= 4 is 109 Å². The molecule has 4 N–H and O–H groups in total. The van der Waals surface area contributed by atoms with Crippen LogP contribution in [0.1, 0.15) is 217 Å². The molecular weight excluding hydrogens is 1750 g/mol. The fraction of sp³-hybridized carbons (Fsp3) is 0.591. The summed E-state index contributed by atoms with van der Waals surface area (Å²) in [5.41, 5.74) is 10.6. The third kappa shape index (κ3) is 22.2. The number of hydrogen-bond acceptors (Lipinski definition) is 24. The van der Waals surface area contributed by atoms with Gasteiger partial charge in [-0.15, -0.1) is 45.3 Å². The first-order chi connectivity index (χ1) is 61.5. The molecule has 24 nitrogen and oxygen atoms in total. The third-order valence-corrected chi connectivity index (χ3v) is 30.5. The predicted molar refractivity (Wildman–Crippen MR) is 476 cm³/mol. The minimum absolute atomic E-state index is 0.285. The number of rotatable bonds is 16. The van der Waals surface area contributed by atoms with Crippen LogP contribution in [0.2, 0.25) is 0 Å². The number of hydrogen-bond donors (Lipinski definition) is 4. The minimum Gasteiger partial charge on any atom is -0.356 e. The average molecular weight is 1860 g/mol. The summed E-state index contributed by atoms with van der Waals surface area (Å²) in [6, 6.07) is 9.46. The van der Waals surface area contributed by atoms with E-state index in [-0.39, 0.29) is 19.5 Å². The van der Waals surface area contributed by atoms with Crippen molar-refractivity contribution in [1.82, 2.24) is 100 Å². The van der Waals surface area contributed by atoms with Crippen LogP contribution in [0.25, 0.3) is 40.9 Å². The Balaban J connectivity index is 0.000000120.